The van der Waals surface area contributed by atoms with E-state index in [9.17, 15) is 14.7 Å². The van der Waals surface area contributed by atoms with Gasteiger partial charge in [-0.05, 0) is 49.7 Å². The lowest BCUT2D eigenvalue weighted by Gasteiger charge is -2.24. The summed E-state index contributed by atoms with van der Waals surface area (Å²) < 4.78 is 11.1. The average Bonchev–Trinajstić information content (AvgIpc) is 3.36. The third-order valence-corrected chi connectivity index (χ3v) is 5.05. The van der Waals surface area contributed by atoms with E-state index in [-0.39, 0.29) is 11.3 Å². The molecule has 1 unspecified atom stereocenters. The van der Waals surface area contributed by atoms with Crippen LogP contribution in [0.3, 0.4) is 0 Å². The molecule has 1 aliphatic rings. The zero-order valence-electron chi connectivity index (χ0n) is 16.7. The molecule has 6 nitrogen and oxygen atoms in total. The molecule has 3 aromatic rings. The summed E-state index contributed by atoms with van der Waals surface area (Å²) in [6, 6.07) is 16.6. The number of anilines is 1. The molecule has 1 atom stereocenters. The lowest BCUT2D eigenvalue weighted by molar-refractivity contribution is -0.132. The summed E-state index contributed by atoms with van der Waals surface area (Å²) in [5, 5.41) is 11.1. The predicted octanol–water partition coefficient (Wildman–Crippen LogP) is 4.61. The summed E-state index contributed by atoms with van der Waals surface area (Å²) in [6.07, 6.45) is 1.48. The van der Waals surface area contributed by atoms with Crippen molar-refractivity contribution in [2.45, 2.75) is 19.9 Å². The Morgan fingerprint density at radius 2 is 1.90 bits per heavy atom. The van der Waals surface area contributed by atoms with Gasteiger partial charge in [-0.25, -0.2) is 0 Å². The van der Waals surface area contributed by atoms with Gasteiger partial charge in [0, 0.05) is 11.3 Å². The second kappa shape index (κ2) is 7.91. The van der Waals surface area contributed by atoms with E-state index in [1.807, 2.05) is 26.0 Å². The van der Waals surface area contributed by atoms with E-state index in [0.29, 0.717) is 29.4 Å². The van der Waals surface area contributed by atoms with Crippen molar-refractivity contribution in [3.63, 3.8) is 0 Å². The minimum atomic E-state index is -0.878. The molecule has 2 heterocycles. The predicted molar refractivity (Wildman–Crippen MR) is 112 cm³/mol. The Hall–Kier alpha value is -3.80. The maximum absolute atomic E-state index is 13.0. The minimum absolute atomic E-state index is 0.0214. The molecule has 1 amide bonds. The van der Waals surface area contributed by atoms with E-state index in [0.717, 1.165) is 5.56 Å². The molecule has 0 spiro atoms. The first-order valence-corrected chi connectivity index (χ1v) is 9.66. The standard InChI is InChI=1S/C24H21NO5/c1-3-29-17-10-6-9-16(14-17)22(26)20-21(19-12-7-13-30-19)25(24(28)23(20)27)18-11-5-4-8-15(18)2/h4-14,21,26H,3H2,1-2H3/b22-20-. The van der Waals surface area contributed by atoms with Gasteiger partial charge in [0.1, 0.15) is 23.3 Å². The number of carbonyl (C=O) groups is 2. The molecule has 0 radical (unpaired) electrons. The molecule has 4 rings (SSSR count). The molecule has 6 heteroatoms. The van der Waals surface area contributed by atoms with Crippen LogP contribution in [0.25, 0.3) is 5.76 Å². The zero-order valence-corrected chi connectivity index (χ0v) is 16.7. The van der Waals surface area contributed by atoms with Crippen molar-refractivity contribution in [3.8, 4) is 5.75 Å². The van der Waals surface area contributed by atoms with Gasteiger partial charge >= 0.3 is 0 Å². The lowest BCUT2D eigenvalue weighted by Crippen LogP contribution is -2.29. The molecule has 1 aromatic heterocycles. The van der Waals surface area contributed by atoms with Crippen molar-refractivity contribution in [3.05, 3.63) is 89.4 Å². The zero-order chi connectivity index (χ0) is 21.3. The minimum Gasteiger partial charge on any atom is -0.507 e. The number of amides is 1. The monoisotopic (exact) mass is 403 g/mol. The van der Waals surface area contributed by atoms with Gasteiger partial charge in [0.25, 0.3) is 11.7 Å². The molecule has 1 saturated heterocycles. The van der Waals surface area contributed by atoms with Crippen molar-refractivity contribution in [1.82, 2.24) is 0 Å². The summed E-state index contributed by atoms with van der Waals surface area (Å²) in [5.41, 5.74) is 1.78. The van der Waals surface area contributed by atoms with Crippen LogP contribution in [0.2, 0.25) is 0 Å². The Bertz CT molecular complexity index is 1130. The maximum Gasteiger partial charge on any atom is 0.300 e. The van der Waals surface area contributed by atoms with E-state index in [1.54, 1.807) is 48.5 Å². The number of carbonyl (C=O) groups excluding carboxylic acids is 2. The molecular formula is C24H21NO5. The van der Waals surface area contributed by atoms with Crippen LogP contribution in [0.5, 0.6) is 5.75 Å². The number of hydrogen-bond donors (Lipinski definition) is 1. The number of aryl methyl sites for hydroxylation is 1. The second-order valence-corrected chi connectivity index (χ2v) is 6.93. The third kappa shape index (κ3) is 3.26. The van der Waals surface area contributed by atoms with Gasteiger partial charge in [0.05, 0.1) is 18.4 Å². The quantitative estimate of drug-likeness (QED) is 0.382. The van der Waals surface area contributed by atoms with Crippen LogP contribution < -0.4 is 9.64 Å². The fourth-order valence-electron chi connectivity index (χ4n) is 3.69. The van der Waals surface area contributed by atoms with Crippen molar-refractivity contribution in [2.75, 3.05) is 11.5 Å². The molecule has 0 saturated carbocycles. The van der Waals surface area contributed by atoms with Crippen LogP contribution in [-0.4, -0.2) is 23.4 Å². The molecule has 2 aromatic carbocycles. The highest BCUT2D eigenvalue weighted by Gasteiger charge is 2.48. The van der Waals surface area contributed by atoms with Gasteiger partial charge in [-0.1, -0.05) is 30.3 Å². The molecule has 1 aliphatic heterocycles. The van der Waals surface area contributed by atoms with E-state index in [1.165, 1.54) is 11.2 Å². The van der Waals surface area contributed by atoms with Crippen LogP contribution in [0.15, 0.2) is 76.9 Å². The Morgan fingerprint density at radius 1 is 1.10 bits per heavy atom. The van der Waals surface area contributed by atoms with Gasteiger partial charge in [-0.15, -0.1) is 0 Å². The molecule has 152 valence electrons. The van der Waals surface area contributed by atoms with Gasteiger partial charge in [0.2, 0.25) is 0 Å². The lowest BCUT2D eigenvalue weighted by atomic mass is 9.99. The molecule has 0 aliphatic carbocycles. The van der Waals surface area contributed by atoms with Gasteiger partial charge in [-0.3, -0.25) is 14.5 Å². The Kier molecular flexibility index (Phi) is 5.14. The van der Waals surface area contributed by atoms with Crippen LogP contribution in [-0.2, 0) is 9.59 Å². The van der Waals surface area contributed by atoms with E-state index in [4.69, 9.17) is 9.15 Å². The molecule has 0 bridgehead atoms. The molecule has 1 fully saturated rings. The van der Waals surface area contributed by atoms with Gasteiger partial charge < -0.3 is 14.3 Å². The highest BCUT2D eigenvalue weighted by molar-refractivity contribution is 6.51. The fraction of sp³-hybridized carbons (Fsp3) is 0.167. The Morgan fingerprint density at radius 3 is 2.60 bits per heavy atom. The SMILES string of the molecule is CCOc1cccc(/C(O)=C2/C(=O)C(=O)N(c3ccccc3C)C2c2ccco2)c1. The van der Waals surface area contributed by atoms with Crippen LogP contribution in [0, 0.1) is 6.92 Å². The number of para-hydroxylation sites is 1. The largest absolute Gasteiger partial charge is 0.507 e. The molecular weight excluding hydrogens is 382 g/mol. The van der Waals surface area contributed by atoms with Gasteiger partial charge in [0.15, 0.2) is 0 Å². The van der Waals surface area contributed by atoms with E-state index in [2.05, 4.69) is 0 Å². The molecule has 30 heavy (non-hydrogen) atoms. The number of nitrogens with zero attached hydrogens (tertiary/aromatic N) is 1. The van der Waals surface area contributed by atoms with E-state index >= 15 is 0 Å². The summed E-state index contributed by atoms with van der Waals surface area (Å²) in [5.74, 6) is -0.802. The Labute approximate surface area is 174 Å². The number of aliphatic hydroxyl groups is 1. The third-order valence-electron chi connectivity index (χ3n) is 5.05. The molecule has 1 N–H and O–H groups in total. The number of ether oxygens (including phenoxy) is 1. The maximum atomic E-state index is 13.0. The highest BCUT2D eigenvalue weighted by Crippen LogP contribution is 2.43. The average molecular weight is 403 g/mol. The van der Waals surface area contributed by atoms with E-state index < -0.39 is 17.7 Å². The number of hydrogen-bond acceptors (Lipinski definition) is 5. The summed E-state index contributed by atoms with van der Waals surface area (Å²) in [6.45, 7) is 4.19. The topological polar surface area (TPSA) is 80.0 Å². The Balaban J connectivity index is 1.91. The summed E-state index contributed by atoms with van der Waals surface area (Å²) in [4.78, 5) is 27.5. The number of aliphatic hydroxyl groups excluding tert-OH is 1. The number of Topliss-reactive ketones (excluding diaryl/α,β-unsaturated/α-hetero) is 1. The normalized spacial score (nSPS) is 18.1. The highest BCUT2D eigenvalue weighted by atomic mass is 16.5. The fourth-order valence-corrected chi connectivity index (χ4v) is 3.69. The van der Waals surface area contributed by atoms with Crippen LogP contribution in [0.4, 0.5) is 5.69 Å². The summed E-state index contributed by atoms with van der Waals surface area (Å²) in [7, 11) is 0. The van der Waals surface area contributed by atoms with Crippen molar-refractivity contribution >= 4 is 23.1 Å². The van der Waals surface area contributed by atoms with Crippen LogP contribution >= 0.6 is 0 Å². The number of benzene rings is 2. The number of furan rings is 1. The first-order chi connectivity index (χ1) is 14.5. The van der Waals surface area contributed by atoms with Crippen molar-refractivity contribution < 1.29 is 23.8 Å². The second-order valence-electron chi connectivity index (χ2n) is 6.93. The van der Waals surface area contributed by atoms with Crippen molar-refractivity contribution in [1.29, 1.82) is 0 Å². The van der Waals surface area contributed by atoms with Crippen LogP contribution in [0.1, 0.15) is 29.9 Å². The van der Waals surface area contributed by atoms with Gasteiger partial charge in [-0.2, -0.15) is 0 Å². The van der Waals surface area contributed by atoms with Crippen molar-refractivity contribution in [2.24, 2.45) is 0 Å². The smallest absolute Gasteiger partial charge is 0.300 e. The number of rotatable bonds is 5. The first-order valence-electron chi connectivity index (χ1n) is 9.66. The first kappa shape index (κ1) is 19.5. The number of ketones is 1. The summed E-state index contributed by atoms with van der Waals surface area (Å²) >= 11 is 0.